The van der Waals surface area contributed by atoms with E-state index in [-0.39, 0.29) is 23.3 Å². The Hall–Kier alpha value is -2.83. The first kappa shape index (κ1) is 30.4. The zero-order valence-corrected chi connectivity index (χ0v) is 23.5. The van der Waals surface area contributed by atoms with Crippen molar-refractivity contribution in [2.75, 3.05) is 26.3 Å². The van der Waals surface area contributed by atoms with Gasteiger partial charge in [0.15, 0.2) is 5.69 Å². The third kappa shape index (κ3) is 9.52. The first-order valence-corrected chi connectivity index (χ1v) is 14.1. The predicted octanol–water partition coefficient (Wildman–Crippen LogP) is 4.55. The van der Waals surface area contributed by atoms with E-state index in [1.54, 1.807) is 13.8 Å². The first-order chi connectivity index (χ1) is 17.7. The lowest BCUT2D eigenvalue weighted by molar-refractivity contribution is 0.0515. The molecule has 0 saturated carbocycles. The zero-order chi connectivity index (χ0) is 27.4. The molecule has 0 aromatic carbocycles. The molecular formula is C25H36N4O6S2. The zero-order valence-electron chi connectivity index (χ0n) is 21.8. The molecule has 0 unspecified atom stereocenters. The number of rotatable bonds is 7. The molecule has 2 N–H and O–H groups in total. The molecule has 2 atom stereocenters. The topological polar surface area (TPSA) is 131 Å². The number of hydrogen-bond donors (Lipinski definition) is 2. The van der Waals surface area contributed by atoms with Crippen LogP contribution < -0.4 is 5.32 Å². The molecule has 2 fully saturated rings. The minimum Gasteiger partial charge on any atom is -0.476 e. The summed E-state index contributed by atoms with van der Waals surface area (Å²) < 4.78 is 9.57. The lowest BCUT2D eigenvalue weighted by Gasteiger charge is -2.24. The van der Waals surface area contributed by atoms with Crippen LogP contribution in [0.15, 0.2) is 17.3 Å². The number of ether oxygens (including phenoxy) is 2. The predicted molar refractivity (Wildman–Crippen MR) is 144 cm³/mol. The fourth-order valence-corrected chi connectivity index (χ4v) is 5.09. The maximum atomic E-state index is 11.5. The molecule has 10 nitrogen and oxygen atoms in total. The SMILES string of the molecule is C=C(c1csc(C(=O)OCC)n1)N1CCC[C@@H]1C.CCOC(=O)c1nc(C(=O)O)cs1.C[C@H]1CCCN1. The highest BCUT2D eigenvalue weighted by Gasteiger charge is 2.24. The second kappa shape index (κ2) is 15.4. The summed E-state index contributed by atoms with van der Waals surface area (Å²) in [5.41, 5.74) is 1.57. The molecule has 37 heavy (non-hydrogen) atoms. The number of carboxylic acids is 1. The minimum absolute atomic E-state index is 0.0688. The summed E-state index contributed by atoms with van der Waals surface area (Å²) >= 11 is 2.27. The number of likely N-dealkylation sites (tertiary alicyclic amines) is 1. The lowest BCUT2D eigenvalue weighted by atomic mass is 10.2. The molecule has 12 heteroatoms. The van der Waals surface area contributed by atoms with E-state index in [0.29, 0.717) is 17.7 Å². The molecule has 2 aliphatic rings. The van der Waals surface area contributed by atoms with Crippen LogP contribution in [0.1, 0.15) is 89.2 Å². The molecule has 204 valence electrons. The van der Waals surface area contributed by atoms with Crippen molar-refractivity contribution in [2.45, 2.75) is 65.5 Å². The quantitative estimate of drug-likeness (QED) is 0.472. The van der Waals surface area contributed by atoms with E-state index in [1.807, 2.05) is 5.38 Å². The van der Waals surface area contributed by atoms with Crippen molar-refractivity contribution >= 4 is 46.3 Å². The summed E-state index contributed by atoms with van der Waals surface area (Å²) in [5.74, 6) is -2.08. The van der Waals surface area contributed by atoms with Crippen LogP contribution in [0.25, 0.3) is 5.70 Å². The van der Waals surface area contributed by atoms with Crippen molar-refractivity contribution in [3.05, 3.63) is 38.7 Å². The van der Waals surface area contributed by atoms with E-state index in [2.05, 4.69) is 45.3 Å². The molecule has 2 aromatic rings. The standard InChI is InChI=1S/C13H18N2O2S.C7H7NO4S.C5H11N/c1-4-17-13(16)12-14-11(8-18-12)10(3)15-7-5-6-9(15)2;1-2-12-7(11)5-8-4(3-13-5)6(9)10;1-5-3-2-4-6-5/h8-9H,3-7H2,1-2H3;3H,2H2,1H3,(H,9,10);5-6H,2-4H2,1H3/t9-;;5-/m0.0/s1. The molecule has 0 spiro atoms. The Morgan fingerprint density at radius 1 is 1.03 bits per heavy atom. The molecular weight excluding hydrogens is 516 g/mol. The Morgan fingerprint density at radius 3 is 1.97 bits per heavy atom. The molecule has 2 aromatic heterocycles. The van der Waals surface area contributed by atoms with Gasteiger partial charge in [-0.05, 0) is 59.9 Å². The second-order valence-electron chi connectivity index (χ2n) is 8.45. The minimum atomic E-state index is -1.15. The highest BCUT2D eigenvalue weighted by atomic mass is 32.1. The van der Waals surface area contributed by atoms with E-state index in [0.717, 1.165) is 35.3 Å². The summed E-state index contributed by atoms with van der Waals surface area (Å²) in [4.78, 5) is 43.1. The highest BCUT2D eigenvalue weighted by Crippen LogP contribution is 2.28. The fraction of sp³-hybridized carbons (Fsp3) is 0.560. The summed E-state index contributed by atoms with van der Waals surface area (Å²) in [5, 5.41) is 15.5. The molecule has 0 bridgehead atoms. The van der Waals surface area contributed by atoms with Crippen molar-refractivity contribution in [1.82, 2.24) is 20.2 Å². The molecule has 2 saturated heterocycles. The van der Waals surface area contributed by atoms with E-state index in [1.165, 1.54) is 48.9 Å². The van der Waals surface area contributed by atoms with Crippen LogP contribution in [0, 0.1) is 0 Å². The maximum Gasteiger partial charge on any atom is 0.367 e. The van der Waals surface area contributed by atoms with Gasteiger partial charge in [0.1, 0.15) is 0 Å². The lowest BCUT2D eigenvalue weighted by Crippen LogP contribution is -2.24. The number of carbonyl (C=O) groups excluding carboxylic acids is 2. The molecule has 0 radical (unpaired) electrons. The third-order valence-electron chi connectivity index (χ3n) is 5.63. The third-order valence-corrected chi connectivity index (χ3v) is 7.27. The van der Waals surface area contributed by atoms with E-state index < -0.39 is 11.9 Å². The Bertz CT molecular complexity index is 1050. The molecule has 4 rings (SSSR count). The molecule has 0 amide bonds. The van der Waals surface area contributed by atoms with Gasteiger partial charge in [-0.25, -0.2) is 24.4 Å². The van der Waals surface area contributed by atoms with Gasteiger partial charge in [-0.1, -0.05) is 6.58 Å². The summed E-state index contributed by atoms with van der Waals surface area (Å²) in [7, 11) is 0. The van der Waals surface area contributed by atoms with Gasteiger partial charge in [0.05, 0.1) is 24.6 Å². The number of esters is 2. The van der Waals surface area contributed by atoms with E-state index in [9.17, 15) is 14.4 Å². The Balaban J connectivity index is 0.000000220. The highest BCUT2D eigenvalue weighted by molar-refractivity contribution is 7.12. The Kier molecular flexibility index (Phi) is 12.7. The smallest absolute Gasteiger partial charge is 0.367 e. The molecule has 0 aliphatic carbocycles. The number of aromatic nitrogens is 2. The van der Waals surface area contributed by atoms with E-state index >= 15 is 0 Å². The van der Waals surface area contributed by atoms with E-state index in [4.69, 9.17) is 9.84 Å². The van der Waals surface area contributed by atoms with Crippen LogP contribution >= 0.6 is 22.7 Å². The van der Waals surface area contributed by atoms with Gasteiger partial charge in [-0.15, -0.1) is 22.7 Å². The average molecular weight is 553 g/mol. The van der Waals surface area contributed by atoms with Crippen LogP contribution in [0.4, 0.5) is 0 Å². The van der Waals surface area contributed by atoms with Gasteiger partial charge >= 0.3 is 17.9 Å². The summed E-state index contributed by atoms with van der Waals surface area (Å²) in [6.45, 7) is 14.9. The number of nitrogens with one attached hydrogen (secondary N) is 1. The second-order valence-corrected chi connectivity index (χ2v) is 10.2. The average Bonchev–Trinajstić information content (AvgIpc) is 3.67. The summed E-state index contributed by atoms with van der Waals surface area (Å²) in [6.07, 6.45) is 5.13. The van der Waals surface area contributed by atoms with Crippen LogP contribution in [0.2, 0.25) is 0 Å². The van der Waals surface area contributed by atoms with Crippen LogP contribution in [-0.2, 0) is 9.47 Å². The number of nitrogens with zero attached hydrogens (tertiary/aromatic N) is 3. The maximum absolute atomic E-state index is 11.5. The van der Waals surface area contributed by atoms with Crippen molar-refractivity contribution in [2.24, 2.45) is 0 Å². The monoisotopic (exact) mass is 552 g/mol. The van der Waals surface area contributed by atoms with Gasteiger partial charge in [0.2, 0.25) is 10.0 Å². The molecule has 4 heterocycles. The number of aromatic carboxylic acids is 1. The Morgan fingerprint density at radius 2 is 1.59 bits per heavy atom. The van der Waals surface area contributed by atoms with Gasteiger partial charge in [-0.2, -0.15) is 0 Å². The van der Waals surface area contributed by atoms with Crippen molar-refractivity contribution in [1.29, 1.82) is 0 Å². The van der Waals surface area contributed by atoms with Crippen molar-refractivity contribution < 1.29 is 29.0 Å². The summed E-state index contributed by atoms with van der Waals surface area (Å²) in [6, 6.07) is 1.30. The Labute approximate surface area is 225 Å². The number of carbonyl (C=O) groups is 3. The number of carboxylic acid groups (broad SMARTS) is 1. The fourth-order valence-electron chi connectivity index (χ4n) is 3.69. The van der Waals surface area contributed by atoms with Crippen LogP contribution in [0.5, 0.6) is 0 Å². The largest absolute Gasteiger partial charge is 0.476 e. The number of thiazole rings is 2. The van der Waals surface area contributed by atoms with Crippen molar-refractivity contribution in [3.8, 4) is 0 Å². The first-order valence-electron chi connectivity index (χ1n) is 12.4. The van der Waals surface area contributed by atoms with Gasteiger partial charge in [0, 0.05) is 29.4 Å². The normalized spacial score (nSPS) is 18.2. The van der Waals surface area contributed by atoms with Gasteiger partial charge < -0.3 is 24.8 Å². The van der Waals surface area contributed by atoms with Crippen molar-refractivity contribution in [3.63, 3.8) is 0 Å². The molecule has 2 aliphatic heterocycles. The van der Waals surface area contributed by atoms with Crippen LogP contribution in [0.3, 0.4) is 0 Å². The van der Waals surface area contributed by atoms with Gasteiger partial charge in [-0.3, -0.25) is 0 Å². The number of hydrogen-bond acceptors (Lipinski definition) is 11. The van der Waals surface area contributed by atoms with Crippen LogP contribution in [-0.4, -0.2) is 76.3 Å². The van der Waals surface area contributed by atoms with Gasteiger partial charge in [0.25, 0.3) is 0 Å².